The van der Waals surface area contributed by atoms with Gasteiger partial charge in [0.2, 0.25) is 11.8 Å². The van der Waals surface area contributed by atoms with Crippen LogP contribution in [0.25, 0.3) is 5.57 Å². The Labute approximate surface area is 291 Å². The number of allylic oxidation sites excluding steroid dienone is 1. The fraction of sp³-hybridized carbons (Fsp3) is 0.359. The summed E-state index contributed by atoms with van der Waals surface area (Å²) in [5, 5.41) is 29.1. The maximum Gasteiger partial charge on any atom is 0.255 e. The number of carbonyl (C=O) groups excluding carboxylic acids is 3. The maximum absolute atomic E-state index is 13.1. The van der Waals surface area contributed by atoms with E-state index in [1.54, 1.807) is 29.2 Å². The predicted molar refractivity (Wildman–Crippen MR) is 193 cm³/mol. The van der Waals surface area contributed by atoms with Crippen molar-refractivity contribution < 1.29 is 19.5 Å². The van der Waals surface area contributed by atoms with E-state index >= 15 is 0 Å². The number of rotatable bonds is 8. The van der Waals surface area contributed by atoms with E-state index in [9.17, 15) is 19.5 Å². The highest BCUT2D eigenvalue weighted by Gasteiger charge is 2.39. The fourth-order valence-corrected chi connectivity index (χ4v) is 8.02. The topological polar surface area (TPSA) is 167 Å². The number of amidine groups is 1. The number of hydrogen-bond acceptors (Lipinski definition) is 8. The first kappa shape index (κ1) is 33.2. The Hall–Kier alpha value is -5.29. The molecule has 7 rings (SSSR count). The van der Waals surface area contributed by atoms with Crippen LogP contribution in [0.3, 0.4) is 0 Å². The fourth-order valence-electron chi connectivity index (χ4n) is 8.02. The van der Waals surface area contributed by atoms with Gasteiger partial charge in [0, 0.05) is 54.5 Å². The van der Waals surface area contributed by atoms with Crippen molar-refractivity contribution in [2.24, 2.45) is 5.73 Å². The van der Waals surface area contributed by atoms with Gasteiger partial charge in [-0.25, -0.2) is 0 Å². The number of aromatic hydroxyl groups is 1. The van der Waals surface area contributed by atoms with E-state index in [1.807, 2.05) is 24.3 Å². The summed E-state index contributed by atoms with van der Waals surface area (Å²) in [5.74, 6) is -0.457. The number of benzene rings is 3. The van der Waals surface area contributed by atoms with E-state index in [1.165, 1.54) is 11.6 Å². The van der Waals surface area contributed by atoms with Crippen LogP contribution in [0.1, 0.15) is 77.1 Å². The molecule has 4 heterocycles. The van der Waals surface area contributed by atoms with E-state index in [0.717, 1.165) is 68.7 Å². The number of carbonyl (C=O) groups is 3. The zero-order chi connectivity index (χ0) is 34.9. The number of likely N-dealkylation sites (tertiary alicyclic amines) is 1. The molecule has 0 spiro atoms. The minimum Gasteiger partial charge on any atom is -0.507 e. The zero-order valence-electron chi connectivity index (χ0n) is 28.0. The highest BCUT2D eigenvalue weighted by molar-refractivity contribution is 6.27. The normalized spacial score (nSPS) is 20.9. The number of fused-ring (bicyclic) bond motifs is 1. The van der Waals surface area contributed by atoms with Gasteiger partial charge in [0.1, 0.15) is 17.6 Å². The van der Waals surface area contributed by atoms with Gasteiger partial charge in [0.05, 0.1) is 5.71 Å². The van der Waals surface area contributed by atoms with E-state index in [-0.39, 0.29) is 41.4 Å². The summed E-state index contributed by atoms with van der Waals surface area (Å²) in [6.45, 7) is 4.38. The van der Waals surface area contributed by atoms with Crippen molar-refractivity contribution in [3.8, 4) is 5.75 Å². The van der Waals surface area contributed by atoms with Crippen molar-refractivity contribution in [1.82, 2.24) is 15.1 Å². The Morgan fingerprint density at radius 1 is 0.880 bits per heavy atom. The molecule has 11 nitrogen and oxygen atoms in total. The minimum absolute atomic E-state index is 0.0169. The van der Waals surface area contributed by atoms with Gasteiger partial charge in [-0.2, -0.15) is 0 Å². The monoisotopic (exact) mass is 673 g/mol. The molecule has 50 heavy (non-hydrogen) atoms. The lowest BCUT2D eigenvalue weighted by molar-refractivity contribution is -0.136. The van der Waals surface area contributed by atoms with E-state index in [0.29, 0.717) is 41.6 Å². The molecule has 0 saturated carbocycles. The molecule has 0 bridgehead atoms. The quantitative estimate of drug-likeness (QED) is 0.134. The molecule has 1 unspecified atom stereocenters. The Morgan fingerprint density at radius 3 is 2.28 bits per heavy atom. The van der Waals surface area contributed by atoms with E-state index < -0.39 is 6.04 Å². The second-order valence-corrected chi connectivity index (χ2v) is 13.8. The molecule has 4 aliphatic rings. The molecule has 3 amide bonds. The SMILES string of the molecule is N=C(N)/C(=C\C(=N)c1ccccc1O)c1ccc(C2CCN(C3CCN(c4ccc5c(c4)CN(C4CCC(=O)NC4=O)C5=O)CC3)CC2)cc1. The highest BCUT2D eigenvalue weighted by Crippen LogP contribution is 2.34. The number of anilines is 1. The van der Waals surface area contributed by atoms with Crippen LogP contribution < -0.4 is 16.0 Å². The Morgan fingerprint density at radius 2 is 1.60 bits per heavy atom. The molecule has 258 valence electrons. The first-order valence-electron chi connectivity index (χ1n) is 17.5. The van der Waals surface area contributed by atoms with Crippen molar-refractivity contribution in [2.45, 2.75) is 63.1 Å². The Bertz CT molecular complexity index is 1870. The van der Waals surface area contributed by atoms with Crippen LogP contribution >= 0.6 is 0 Å². The third-order valence-corrected chi connectivity index (χ3v) is 10.8. The number of phenolic OH excluding ortho intramolecular Hbond substituents is 1. The predicted octanol–water partition coefficient (Wildman–Crippen LogP) is 4.39. The van der Waals surface area contributed by atoms with Crippen LogP contribution in [0, 0.1) is 10.8 Å². The number of nitrogens with one attached hydrogen (secondary N) is 3. The van der Waals surface area contributed by atoms with Crippen LogP contribution in [0.15, 0.2) is 72.8 Å². The second-order valence-electron chi connectivity index (χ2n) is 13.8. The minimum atomic E-state index is -0.601. The van der Waals surface area contributed by atoms with Crippen molar-refractivity contribution in [2.75, 3.05) is 31.1 Å². The van der Waals surface area contributed by atoms with Gasteiger partial charge in [0.15, 0.2) is 0 Å². The van der Waals surface area contributed by atoms with Crippen molar-refractivity contribution in [1.29, 1.82) is 10.8 Å². The summed E-state index contributed by atoms with van der Waals surface area (Å²) >= 11 is 0. The second kappa shape index (κ2) is 13.9. The van der Waals surface area contributed by atoms with Gasteiger partial charge in [0.25, 0.3) is 5.91 Å². The van der Waals surface area contributed by atoms with Crippen molar-refractivity contribution in [3.63, 3.8) is 0 Å². The number of hydrogen-bond donors (Lipinski definition) is 5. The number of piperidine rings is 3. The number of nitrogens with two attached hydrogens (primary N) is 1. The molecule has 1 atom stereocenters. The average molecular weight is 674 g/mol. The number of para-hydroxylation sites is 1. The molecule has 3 saturated heterocycles. The molecule has 0 aliphatic carbocycles. The zero-order valence-corrected chi connectivity index (χ0v) is 28.0. The van der Waals surface area contributed by atoms with Gasteiger partial charge >= 0.3 is 0 Å². The third-order valence-electron chi connectivity index (χ3n) is 10.8. The molecule has 3 aromatic rings. The lowest BCUT2D eigenvalue weighted by Gasteiger charge is -2.42. The third kappa shape index (κ3) is 6.65. The van der Waals surface area contributed by atoms with Crippen molar-refractivity contribution in [3.05, 3.63) is 101 Å². The number of phenols is 1. The summed E-state index contributed by atoms with van der Waals surface area (Å²) in [6, 6.07) is 20.8. The summed E-state index contributed by atoms with van der Waals surface area (Å²) in [4.78, 5) is 43.8. The first-order chi connectivity index (χ1) is 24.2. The molecule has 0 radical (unpaired) electrons. The lowest BCUT2D eigenvalue weighted by Crippen LogP contribution is -2.52. The standard InChI is InChI=1S/C39H43N7O4/c40-33(31-3-1-2-4-35(31)47)22-32(37(41)42)26-7-5-24(6-8-26)25-13-17-44(18-14-25)28-15-19-45(20-16-28)29-9-10-30-27(21-29)23-46(39(30)50)34-11-12-36(48)43-38(34)49/h1-10,21-22,25,28,34,40,47H,11-20,23H2,(H3,41,42)(H,43,48,49)/b32-22-,40-33?. The van der Waals surface area contributed by atoms with Gasteiger partial charge in [-0.15, -0.1) is 0 Å². The lowest BCUT2D eigenvalue weighted by atomic mass is 9.87. The van der Waals surface area contributed by atoms with Crippen LogP contribution in [0.5, 0.6) is 5.75 Å². The van der Waals surface area contributed by atoms with Crippen LogP contribution in [-0.4, -0.2) is 82.4 Å². The molecule has 3 fully saturated rings. The molecule has 3 aromatic carbocycles. The van der Waals surface area contributed by atoms with Crippen LogP contribution in [0.4, 0.5) is 5.69 Å². The van der Waals surface area contributed by atoms with Crippen LogP contribution in [0.2, 0.25) is 0 Å². The van der Waals surface area contributed by atoms with Gasteiger partial charge in [-0.05, 0) is 104 Å². The smallest absolute Gasteiger partial charge is 0.255 e. The Kier molecular flexibility index (Phi) is 9.24. The summed E-state index contributed by atoms with van der Waals surface area (Å²) in [6.07, 6.45) is 6.47. The molecule has 6 N–H and O–H groups in total. The molecular formula is C39H43N7O4. The summed E-state index contributed by atoms with van der Waals surface area (Å²) in [5.41, 5.74) is 11.6. The number of nitrogens with zero attached hydrogens (tertiary/aromatic N) is 3. The van der Waals surface area contributed by atoms with Crippen molar-refractivity contribution >= 4 is 40.5 Å². The highest BCUT2D eigenvalue weighted by atomic mass is 16.3. The summed E-state index contributed by atoms with van der Waals surface area (Å²) in [7, 11) is 0. The van der Waals surface area contributed by atoms with Crippen LogP contribution in [-0.2, 0) is 16.1 Å². The number of amides is 3. The van der Waals surface area contributed by atoms with Gasteiger partial charge < -0.3 is 30.9 Å². The number of imide groups is 1. The largest absolute Gasteiger partial charge is 0.507 e. The molecule has 0 aromatic heterocycles. The van der Waals surface area contributed by atoms with E-state index in [2.05, 4.69) is 33.3 Å². The Balaban J connectivity index is 0.916. The van der Waals surface area contributed by atoms with E-state index in [4.69, 9.17) is 16.6 Å². The first-order valence-corrected chi connectivity index (χ1v) is 17.5. The molecular weight excluding hydrogens is 630 g/mol. The van der Waals surface area contributed by atoms with Gasteiger partial charge in [-0.1, -0.05) is 36.4 Å². The molecule has 4 aliphatic heterocycles. The van der Waals surface area contributed by atoms with Gasteiger partial charge in [-0.3, -0.25) is 25.1 Å². The maximum atomic E-state index is 13.1. The summed E-state index contributed by atoms with van der Waals surface area (Å²) < 4.78 is 0. The average Bonchev–Trinajstić information content (AvgIpc) is 3.45. The molecule has 11 heteroatoms.